The molecule has 52 heavy (non-hydrogen) atoms. The van der Waals surface area contributed by atoms with Crippen molar-refractivity contribution in [1.82, 2.24) is 26.2 Å². The molecule has 5 amide bonds. The van der Waals surface area contributed by atoms with Crippen molar-refractivity contribution in [2.75, 3.05) is 18.8 Å². The van der Waals surface area contributed by atoms with Gasteiger partial charge in [0, 0.05) is 13.1 Å². The van der Waals surface area contributed by atoms with Crippen LogP contribution in [-0.2, 0) is 29.0 Å². The molecular weight excluding hydrogens is 683 g/mol. The number of fused-ring (bicyclic) bond motifs is 1. The van der Waals surface area contributed by atoms with Gasteiger partial charge in [-0.2, -0.15) is 0 Å². The molecule has 0 bridgehead atoms. The Labute approximate surface area is 310 Å². The van der Waals surface area contributed by atoms with E-state index < -0.39 is 67.3 Å². The zero-order chi connectivity index (χ0) is 38.3. The number of hydrogen-bond donors (Lipinski definition) is 4. The number of urea groups is 1. The van der Waals surface area contributed by atoms with Crippen molar-refractivity contribution in [2.24, 2.45) is 28.6 Å². The van der Waals surface area contributed by atoms with Crippen LogP contribution < -0.4 is 21.3 Å². The number of piperidine rings is 1. The monoisotopic (exact) mass is 745 g/mol. The van der Waals surface area contributed by atoms with Gasteiger partial charge >= 0.3 is 6.03 Å². The lowest BCUT2D eigenvalue weighted by Gasteiger charge is -2.44. The van der Waals surface area contributed by atoms with E-state index in [1.54, 1.807) is 25.7 Å². The number of hydrogen-bond acceptors (Lipinski definition) is 7. The van der Waals surface area contributed by atoms with Gasteiger partial charge < -0.3 is 26.2 Å². The molecule has 4 N–H and O–H groups in total. The number of Topliss-reactive ketones (excluding diaryl/α,β-unsaturated/α-hetero) is 1. The van der Waals surface area contributed by atoms with Crippen LogP contribution in [0.5, 0.6) is 0 Å². The van der Waals surface area contributed by atoms with Gasteiger partial charge in [-0.15, -0.1) is 6.58 Å². The number of nitrogens with one attached hydrogen (secondary N) is 4. The average molecular weight is 746 g/mol. The molecule has 5 rings (SSSR count). The van der Waals surface area contributed by atoms with E-state index in [1.807, 2.05) is 6.92 Å². The molecule has 0 aromatic heterocycles. The molecular formula is C39H63N5O7S. The molecule has 1 saturated heterocycles. The van der Waals surface area contributed by atoms with Crippen molar-refractivity contribution in [1.29, 1.82) is 0 Å². The molecule has 5 fully saturated rings. The highest BCUT2D eigenvalue weighted by Crippen LogP contribution is 2.65. The van der Waals surface area contributed by atoms with Crippen LogP contribution in [0.1, 0.15) is 125 Å². The van der Waals surface area contributed by atoms with Crippen LogP contribution in [0, 0.1) is 28.6 Å². The van der Waals surface area contributed by atoms with E-state index in [9.17, 15) is 32.4 Å². The fraction of sp³-hybridized carbons (Fsp3) is 0.821. The molecule has 0 aromatic carbocycles. The Morgan fingerprint density at radius 1 is 0.904 bits per heavy atom. The van der Waals surface area contributed by atoms with Gasteiger partial charge in [0.15, 0.2) is 9.84 Å². The van der Waals surface area contributed by atoms with Crippen molar-refractivity contribution in [3.05, 3.63) is 12.7 Å². The van der Waals surface area contributed by atoms with Crippen LogP contribution in [0.4, 0.5) is 4.79 Å². The Morgan fingerprint density at radius 3 is 2.06 bits per heavy atom. The molecule has 0 radical (unpaired) electrons. The number of likely N-dealkylation sites (tertiary alicyclic amines) is 1. The van der Waals surface area contributed by atoms with Crippen molar-refractivity contribution >= 4 is 39.4 Å². The smallest absolute Gasteiger partial charge is 0.315 e. The van der Waals surface area contributed by atoms with E-state index in [0.717, 1.165) is 51.4 Å². The lowest BCUT2D eigenvalue weighted by Crippen LogP contribution is -2.65. The van der Waals surface area contributed by atoms with Crippen LogP contribution in [-0.4, -0.2) is 90.1 Å². The predicted molar refractivity (Wildman–Crippen MR) is 200 cm³/mol. The third kappa shape index (κ3) is 8.54. The van der Waals surface area contributed by atoms with E-state index in [4.69, 9.17) is 0 Å². The molecule has 5 aliphatic rings. The quantitative estimate of drug-likeness (QED) is 0.153. The fourth-order valence-corrected chi connectivity index (χ4v) is 10.8. The summed E-state index contributed by atoms with van der Waals surface area (Å²) in [4.78, 5) is 70.9. The Morgan fingerprint density at radius 2 is 1.50 bits per heavy atom. The Hall–Kier alpha value is -2.96. The maximum absolute atomic E-state index is 14.9. The Bertz CT molecular complexity index is 1520. The van der Waals surface area contributed by atoms with E-state index in [-0.39, 0.29) is 41.4 Å². The normalized spacial score (nSPS) is 27.3. The third-order valence-corrected chi connectivity index (χ3v) is 15.9. The second-order valence-corrected chi connectivity index (χ2v) is 21.2. The van der Waals surface area contributed by atoms with Gasteiger partial charge in [0.2, 0.25) is 17.6 Å². The van der Waals surface area contributed by atoms with Crippen molar-refractivity contribution in [3.63, 3.8) is 0 Å². The lowest BCUT2D eigenvalue weighted by atomic mass is 9.70. The second-order valence-electron chi connectivity index (χ2n) is 18.5. The molecule has 4 aliphatic carbocycles. The van der Waals surface area contributed by atoms with Crippen LogP contribution >= 0.6 is 0 Å². The second kappa shape index (κ2) is 15.1. The maximum atomic E-state index is 14.9. The van der Waals surface area contributed by atoms with Crippen LogP contribution in [0.25, 0.3) is 0 Å². The van der Waals surface area contributed by atoms with Gasteiger partial charge in [0.25, 0.3) is 5.91 Å². The van der Waals surface area contributed by atoms with E-state index in [0.29, 0.717) is 38.6 Å². The first-order valence-corrected chi connectivity index (χ1v) is 21.3. The summed E-state index contributed by atoms with van der Waals surface area (Å²) in [5.41, 5.74) is -1.73. The summed E-state index contributed by atoms with van der Waals surface area (Å²) < 4.78 is 25.9. The number of amides is 5. The van der Waals surface area contributed by atoms with E-state index in [2.05, 4.69) is 41.7 Å². The summed E-state index contributed by atoms with van der Waals surface area (Å²) in [6.07, 6.45) is 11.6. The van der Waals surface area contributed by atoms with Gasteiger partial charge in [0.1, 0.15) is 12.1 Å². The highest BCUT2D eigenvalue weighted by Gasteiger charge is 2.70. The topological polar surface area (TPSA) is 171 Å². The molecule has 1 aliphatic heterocycles. The van der Waals surface area contributed by atoms with Crippen LogP contribution in [0.2, 0.25) is 0 Å². The van der Waals surface area contributed by atoms with Gasteiger partial charge in [0.05, 0.1) is 22.1 Å². The van der Waals surface area contributed by atoms with Gasteiger partial charge in [-0.1, -0.05) is 78.2 Å². The molecule has 292 valence electrons. The largest absolute Gasteiger partial charge is 0.346 e. The summed E-state index contributed by atoms with van der Waals surface area (Å²) in [7, 11) is -3.57. The fourth-order valence-electron chi connectivity index (χ4n) is 9.27. The number of sulfone groups is 1. The molecule has 1 heterocycles. The standard InChI is InChI=1S/C39H63N5O7S/c1-8-21-40-33(47)30(45)27(22-25-15-16-25)41-32(46)29-28-26(37(28,5)6)23-44(29)34(48)31(38(7)17-11-9-12-18-38)42-35(49)43-39(19-13-10-14-20-39)24-52(50,51)36(2,3)4/h8,25-29,31H,1,9-24H2,2-7H3,(H,40,47)(H,41,46)(H2,42,43,49)/t26-,27?,28?,29-,31+/m0/s1. The van der Waals surface area contributed by atoms with Gasteiger partial charge in [-0.3, -0.25) is 19.2 Å². The Balaban J connectivity index is 1.40. The minimum Gasteiger partial charge on any atom is -0.346 e. The number of rotatable bonds is 14. The number of nitrogens with zero attached hydrogens (tertiary/aromatic N) is 1. The van der Waals surface area contributed by atoms with E-state index in [1.165, 1.54) is 6.08 Å². The first-order valence-electron chi connectivity index (χ1n) is 19.6. The van der Waals surface area contributed by atoms with Crippen molar-refractivity contribution in [2.45, 2.75) is 153 Å². The third-order valence-electron chi connectivity index (χ3n) is 13.1. The first-order chi connectivity index (χ1) is 24.3. The summed E-state index contributed by atoms with van der Waals surface area (Å²) in [5.74, 6) is -2.26. The SMILES string of the molecule is C=CCNC(=O)C(=O)C(CC1CC1)NC(=O)[C@@H]1C2[C@H](CN1C(=O)[C@@H](NC(=O)NC1(CS(=O)(=O)C(C)(C)C)CCCCC1)C1(C)CCCCC1)C2(C)C. The zero-order valence-corrected chi connectivity index (χ0v) is 33.1. The number of ketones is 1. The van der Waals surface area contributed by atoms with Crippen LogP contribution in [0.3, 0.4) is 0 Å². The summed E-state index contributed by atoms with van der Waals surface area (Å²) in [5, 5.41) is 11.6. The van der Waals surface area contributed by atoms with E-state index >= 15 is 0 Å². The minimum atomic E-state index is -3.57. The number of carbonyl (C=O) groups excluding carboxylic acids is 5. The molecule has 0 aromatic rings. The Kier molecular flexibility index (Phi) is 11.6. The summed E-state index contributed by atoms with van der Waals surface area (Å²) in [6.45, 7) is 15.3. The summed E-state index contributed by atoms with van der Waals surface area (Å²) in [6, 6.07) is -3.38. The molecule has 13 heteroatoms. The minimum absolute atomic E-state index is 0.0717. The van der Waals surface area contributed by atoms with Gasteiger partial charge in [-0.05, 0) is 81.5 Å². The highest BCUT2D eigenvalue weighted by atomic mass is 32.2. The average Bonchev–Trinajstić information content (AvgIpc) is 3.92. The lowest BCUT2D eigenvalue weighted by molar-refractivity contribution is -0.146. The molecule has 2 unspecified atom stereocenters. The zero-order valence-electron chi connectivity index (χ0n) is 32.3. The molecule has 0 spiro atoms. The molecule has 12 nitrogen and oxygen atoms in total. The molecule has 4 saturated carbocycles. The van der Waals surface area contributed by atoms with Crippen LogP contribution in [0.15, 0.2) is 12.7 Å². The van der Waals surface area contributed by atoms with Crippen molar-refractivity contribution < 1.29 is 32.4 Å². The highest BCUT2D eigenvalue weighted by molar-refractivity contribution is 7.92. The molecule has 5 atom stereocenters. The predicted octanol–water partition coefficient (Wildman–Crippen LogP) is 4.18. The van der Waals surface area contributed by atoms with Gasteiger partial charge in [-0.25, -0.2) is 13.2 Å². The summed E-state index contributed by atoms with van der Waals surface area (Å²) >= 11 is 0. The first kappa shape index (κ1) is 40.2. The number of carbonyl (C=O) groups is 5. The maximum Gasteiger partial charge on any atom is 0.315 e. The van der Waals surface area contributed by atoms with Crippen molar-refractivity contribution in [3.8, 4) is 0 Å².